The van der Waals surface area contributed by atoms with Crippen LogP contribution in [0.15, 0.2) is 35.2 Å². The van der Waals surface area contributed by atoms with Gasteiger partial charge in [0.15, 0.2) is 0 Å². The first-order valence-corrected chi connectivity index (χ1v) is 9.22. The Labute approximate surface area is 85.7 Å². The molecule has 0 aliphatic rings. The van der Waals surface area contributed by atoms with Gasteiger partial charge >= 0.3 is 0 Å². The van der Waals surface area contributed by atoms with Crippen molar-refractivity contribution in [2.24, 2.45) is 0 Å². The highest BCUT2D eigenvalue weighted by atomic mass is 36.0. The topological polar surface area (TPSA) is 60.7 Å². The van der Waals surface area contributed by atoms with E-state index in [1.165, 1.54) is 0 Å². The molecule has 0 heterocycles. The predicted molar refractivity (Wildman–Crippen MR) is 58.8 cm³/mol. The maximum Gasteiger partial charge on any atom is 0.288 e. The maximum absolute atomic E-state index is 9.01. The van der Waals surface area contributed by atoms with Crippen molar-refractivity contribution in [3.63, 3.8) is 0 Å². The van der Waals surface area contributed by atoms with E-state index in [1.807, 2.05) is 0 Å². The summed E-state index contributed by atoms with van der Waals surface area (Å²) in [6.07, 6.45) is 0. The maximum atomic E-state index is 9.01. The highest BCUT2D eigenvalue weighted by Gasteiger charge is 2.21. The van der Waals surface area contributed by atoms with Crippen LogP contribution in [0.5, 0.6) is 0 Å². The third-order valence-corrected chi connectivity index (χ3v) is 10.5. The largest absolute Gasteiger partial charge is 0.328 e. The van der Waals surface area contributed by atoms with E-state index in [2.05, 4.69) is 0 Å². The smallest absolute Gasteiger partial charge is 0.288 e. The van der Waals surface area contributed by atoms with Crippen LogP contribution in [-0.4, -0.2) is 14.7 Å². The molecule has 0 aliphatic carbocycles. The van der Waals surface area contributed by atoms with Crippen molar-refractivity contribution in [3.8, 4) is 0 Å². The Morgan fingerprint density at radius 2 is 1.46 bits per heavy atom. The molecule has 0 unspecified atom stereocenters. The Balaban J connectivity index is 3.42. The van der Waals surface area contributed by atoms with Crippen molar-refractivity contribution in [2.45, 2.75) is 4.90 Å². The van der Waals surface area contributed by atoms with E-state index in [1.54, 1.807) is 30.3 Å². The van der Waals surface area contributed by atoms with Gasteiger partial charge in [-0.05, 0) is 41.1 Å². The molecule has 0 saturated heterocycles. The van der Waals surface area contributed by atoms with Crippen LogP contribution < -0.4 is 0 Å². The van der Waals surface area contributed by atoms with Gasteiger partial charge in [-0.25, -0.2) is 0 Å². The zero-order valence-corrected chi connectivity index (χ0v) is 9.68. The molecule has 7 heteroatoms. The molecule has 0 atom stereocenters. The van der Waals surface area contributed by atoms with Crippen molar-refractivity contribution in [1.82, 2.24) is 0 Å². The fraction of sp³-hybridized carbons (Fsp3) is 0. The Morgan fingerprint density at radius 3 is 1.85 bits per heavy atom. The SMILES string of the molecule is OP(O)(O)=[SH](Cl)(Cl)c1ccccc1. The number of rotatable bonds is 1. The van der Waals surface area contributed by atoms with Gasteiger partial charge in [-0.2, -0.15) is 0 Å². The Morgan fingerprint density at radius 1 is 1.00 bits per heavy atom. The van der Waals surface area contributed by atoms with Gasteiger partial charge in [0.2, 0.25) is 0 Å². The van der Waals surface area contributed by atoms with E-state index in [0.29, 0.717) is 4.90 Å². The summed E-state index contributed by atoms with van der Waals surface area (Å²) >= 11 is 0. The van der Waals surface area contributed by atoms with Crippen LogP contribution in [0.2, 0.25) is 0 Å². The number of thiol groups is 1. The number of halogens is 2. The van der Waals surface area contributed by atoms with Gasteiger partial charge < -0.3 is 14.7 Å². The second kappa shape index (κ2) is 3.91. The van der Waals surface area contributed by atoms with Gasteiger partial charge in [0, 0.05) is 4.90 Å². The summed E-state index contributed by atoms with van der Waals surface area (Å²) in [4.78, 5) is 27.4. The summed E-state index contributed by atoms with van der Waals surface area (Å²) in [6.45, 7) is -4.20. The minimum atomic E-state index is -4.20. The van der Waals surface area contributed by atoms with Crippen LogP contribution in [0.25, 0.3) is 0 Å². The molecule has 1 rings (SSSR count). The summed E-state index contributed by atoms with van der Waals surface area (Å²) in [7, 11) is 8.17. The molecule has 3 N–H and O–H groups in total. The zero-order valence-electron chi connectivity index (χ0n) is 6.38. The summed E-state index contributed by atoms with van der Waals surface area (Å²) < 4.78 is 0. The minimum absolute atomic E-state index is 0.360. The van der Waals surface area contributed by atoms with E-state index in [0.717, 1.165) is 0 Å². The summed E-state index contributed by atoms with van der Waals surface area (Å²) in [5.41, 5.74) is 0. The Hall–Kier alpha value is 0.460. The van der Waals surface area contributed by atoms with Crippen molar-refractivity contribution in [1.29, 1.82) is 0 Å². The monoisotopic (exact) mass is 262 g/mol. The van der Waals surface area contributed by atoms with Crippen LogP contribution in [0.3, 0.4) is 0 Å². The number of hydrogen-bond acceptors (Lipinski definition) is 0. The third kappa shape index (κ3) is 2.48. The highest BCUT2D eigenvalue weighted by molar-refractivity contribution is 8.64. The van der Waals surface area contributed by atoms with Crippen molar-refractivity contribution < 1.29 is 14.7 Å². The van der Waals surface area contributed by atoms with Gasteiger partial charge in [-0.1, -0.05) is 18.2 Å². The van der Waals surface area contributed by atoms with E-state index in [9.17, 15) is 0 Å². The van der Waals surface area contributed by atoms with Crippen LogP contribution in [0.1, 0.15) is 0 Å². The summed E-state index contributed by atoms with van der Waals surface area (Å²) in [5, 5.41) is 0. The molecule has 13 heavy (non-hydrogen) atoms. The Bertz CT molecular complexity index is 360. The van der Waals surface area contributed by atoms with Crippen LogP contribution in [-0.2, 0) is 7.63 Å². The minimum Gasteiger partial charge on any atom is -0.328 e. The molecule has 0 aliphatic heterocycles. The quantitative estimate of drug-likeness (QED) is 0.462. The molecule has 0 fully saturated rings. The number of benzene rings is 1. The lowest BCUT2D eigenvalue weighted by molar-refractivity contribution is 0.363. The zero-order chi connectivity index (χ0) is 10.1. The van der Waals surface area contributed by atoms with Gasteiger partial charge in [-0.3, -0.25) is 0 Å². The molecule has 1 aromatic carbocycles. The molecular weight excluding hydrogens is 254 g/mol. The standard InChI is InChI=1S/C6H9Cl2O3PS/c7-13(8,12(9,10)11)6-4-2-1-3-5-6/h1-5,9-11,13H. The fourth-order valence-electron chi connectivity index (χ4n) is 0.762. The fourth-order valence-corrected chi connectivity index (χ4v) is 3.61. The lowest BCUT2D eigenvalue weighted by Gasteiger charge is -2.21. The predicted octanol–water partition coefficient (Wildman–Crippen LogP) is 1.89. The molecule has 0 amide bonds. The third-order valence-electron chi connectivity index (χ3n) is 1.40. The van der Waals surface area contributed by atoms with Crippen LogP contribution in [0, 0.1) is 0 Å². The van der Waals surface area contributed by atoms with Crippen LogP contribution >= 0.6 is 28.1 Å². The van der Waals surface area contributed by atoms with E-state index < -0.39 is 14.4 Å². The molecule has 3 nitrogen and oxygen atoms in total. The van der Waals surface area contributed by atoms with E-state index in [4.69, 9.17) is 36.0 Å². The van der Waals surface area contributed by atoms with Gasteiger partial charge in [0.05, 0.1) is 0 Å². The molecule has 0 radical (unpaired) electrons. The first-order valence-electron chi connectivity index (χ1n) is 3.27. The molecule has 0 aromatic heterocycles. The van der Waals surface area contributed by atoms with Crippen molar-refractivity contribution in [2.75, 3.05) is 0 Å². The normalized spacial score (nSPS) is 14.2. The average Bonchev–Trinajstić information content (AvgIpc) is 2.04. The molecular formula is C6H9Cl2O3PS. The first kappa shape index (κ1) is 11.5. The molecule has 0 bridgehead atoms. The molecule has 76 valence electrons. The molecule has 0 spiro atoms. The Kier molecular flexibility index (Phi) is 3.47. The summed E-state index contributed by atoms with van der Waals surface area (Å²) in [5.74, 6) is 0. The second-order valence-corrected chi connectivity index (χ2v) is 13.3. The van der Waals surface area contributed by atoms with Gasteiger partial charge in [-0.15, -0.1) is 0 Å². The average molecular weight is 263 g/mol. The van der Waals surface area contributed by atoms with Crippen LogP contribution in [0.4, 0.5) is 0 Å². The molecule has 1 aromatic rings. The van der Waals surface area contributed by atoms with E-state index in [-0.39, 0.29) is 0 Å². The lowest BCUT2D eigenvalue weighted by Crippen LogP contribution is -1.97. The molecule has 0 saturated carbocycles. The van der Waals surface area contributed by atoms with Gasteiger partial charge in [0.1, 0.15) is 0 Å². The second-order valence-electron chi connectivity index (χ2n) is 2.36. The van der Waals surface area contributed by atoms with Crippen molar-refractivity contribution >= 4 is 35.7 Å². The van der Waals surface area contributed by atoms with Gasteiger partial charge in [0.25, 0.3) is 6.72 Å². The lowest BCUT2D eigenvalue weighted by atomic mass is 10.4. The van der Waals surface area contributed by atoms with E-state index >= 15 is 0 Å². The number of hydrogen-bond donors (Lipinski definition) is 4. The van der Waals surface area contributed by atoms with Crippen molar-refractivity contribution in [3.05, 3.63) is 30.3 Å². The summed E-state index contributed by atoms with van der Waals surface area (Å²) in [6, 6.07) is 8.15. The highest BCUT2D eigenvalue weighted by Crippen LogP contribution is 2.53. The first-order chi connectivity index (χ1) is 5.86.